The molecule has 4 heteroatoms. The number of fused-ring (bicyclic) bond motifs is 1. The number of nitrogens with one attached hydrogen (secondary N) is 1. The van der Waals surface area contributed by atoms with Crippen molar-refractivity contribution in [1.29, 1.82) is 0 Å². The van der Waals surface area contributed by atoms with Crippen molar-refractivity contribution in [3.8, 4) is 0 Å². The van der Waals surface area contributed by atoms with Crippen molar-refractivity contribution in [2.24, 2.45) is 5.73 Å². The largest absolute Gasteiger partial charge is 0.366 e. The first kappa shape index (κ1) is 16.4. The fraction of sp³-hybridized carbons (Fsp3) is 0.250. The number of amides is 1. The predicted octanol–water partition coefficient (Wildman–Crippen LogP) is 3.14. The van der Waals surface area contributed by atoms with E-state index in [1.165, 1.54) is 29.3 Å². The van der Waals surface area contributed by atoms with Gasteiger partial charge in [0.05, 0.1) is 0 Å². The smallest absolute Gasteiger partial charge is 0.241 e. The zero-order valence-corrected chi connectivity index (χ0v) is 13.5. The molecule has 0 bridgehead atoms. The lowest BCUT2D eigenvalue weighted by Gasteiger charge is -2.14. The van der Waals surface area contributed by atoms with Crippen molar-refractivity contribution in [3.63, 3.8) is 0 Å². The topological polar surface area (TPSA) is 55.1 Å². The molecular weight excluding hydrogens is 303 g/mol. The molecular formula is C20H21FN2O. The molecule has 3 N–H and O–H groups in total. The van der Waals surface area contributed by atoms with Crippen LogP contribution in [0.4, 0.5) is 4.39 Å². The highest BCUT2D eigenvalue weighted by Crippen LogP contribution is 2.32. The zero-order valence-electron chi connectivity index (χ0n) is 13.5. The maximum atomic E-state index is 12.9. The number of hydrogen-bond donors (Lipinski definition) is 2. The lowest BCUT2D eigenvalue weighted by atomic mass is 10.0. The van der Waals surface area contributed by atoms with E-state index in [4.69, 9.17) is 5.73 Å². The molecule has 0 saturated heterocycles. The van der Waals surface area contributed by atoms with Gasteiger partial charge in [-0.2, -0.15) is 0 Å². The van der Waals surface area contributed by atoms with Crippen LogP contribution in [0.2, 0.25) is 0 Å². The van der Waals surface area contributed by atoms with Gasteiger partial charge in [-0.3, -0.25) is 4.79 Å². The van der Waals surface area contributed by atoms with E-state index in [1.807, 2.05) is 18.2 Å². The minimum Gasteiger partial charge on any atom is -0.366 e. The van der Waals surface area contributed by atoms with Crippen LogP contribution in [-0.4, -0.2) is 12.5 Å². The summed E-state index contributed by atoms with van der Waals surface area (Å²) in [4.78, 5) is 10.8. The summed E-state index contributed by atoms with van der Waals surface area (Å²) in [6.07, 6.45) is 6.11. The van der Waals surface area contributed by atoms with E-state index in [2.05, 4.69) is 17.4 Å². The van der Waals surface area contributed by atoms with Gasteiger partial charge in [-0.15, -0.1) is 0 Å². The molecule has 2 aromatic carbocycles. The molecule has 2 aromatic rings. The fourth-order valence-corrected chi connectivity index (χ4v) is 3.17. The Morgan fingerprint density at radius 1 is 1.25 bits per heavy atom. The Balaban J connectivity index is 1.58. The van der Waals surface area contributed by atoms with Crippen molar-refractivity contribution < 1.29 is 9.18 Å². The number of aryl methyl sites for hydroxylation is 1. The van der Waals surface area contributed by atoms with Crippen LogP contribution < -0.4 is 11.1 Å². The van der Waals surface area contributed by atoms with Gasteiger partial charge in [0.2, 0.25) is 5.91 Å². The number of primary amides is 1. The molecule has 0 heterocycles. The summed E-state index contributed by atoms with van der Waals surface area (Å²) in [6, 6.07) is 13.3. The van der Waals surface area contributed by atoms with E-state index in [1.54, 1.807) is 6.08 Å². The summed E-state index contributed by atoms with van der Waals surface area (Å²) < 4.78 is 12.9. The lowest BCUT2D eigenvalue weighted by Crippen LogP contribution is -2.21. The quantitative estimate of drug-likeness (QED) is 0.802. The van der Waals surface area contributed by atoms with E-state index in [9.17, 15) is 9.18 Å². The highest BCUT2D eigenvalue weighted by Gasteiger charge is 2.21. The summed E-state index contributed by atoms with van der Waals surface area (Å²) in [5.74, 6) is -0.631. The van der Waals surface area contributed by atoms with Crippen LogP contribution in [-0.2, 0) is 17.6 Å². The van der Waals surface area contributed by atoms with Crippen LogP contribution in [0.1, 0.15) is 34.7 Å². The van der Waals surface area contributed by atoms with Gasteiger partial charge in [-0.1, -0.05) is 30.3 Å². The van der Waals surface area contributed by atoms with Crippen LogP contribution >= 0.6 is 0 Å². The van der Waals surface area contributed by atoms with Gasteiger partial charge in [0.25, 0.3) is 0 Å². The third kappa shape index (κ3) is 4.09. The lowest BCUT2D eigenvalue weighted by molar-refractivity contribution is -0.113. The second-order valence-electron chi connectivity index (χ2n) is 6.12. The molecule has 0 fully saturated rings. The third-order valence-corrected chi connectivity index (χ3v) is 4.40. The number of rotatable bonds is 6. The van der Waals surface area contributed by atoms with Gasteiger partial charge >= 0.3 is 0 Å². The van der Waals surface area contributed by atoms with Crippen LogP contribution in [0.25, 0.3) is 6.08 Å². The molecule has 1 aliphatic rings. The third-order valence-electron chi connectivity index (χ3n) is 4.40. The molecule has 0 aromatic heterocycles. The van der Waals surface area contributed by atoms with E-state index < -0.39 is 5.91 Å². The molecule has 24 heavy (non-hydrogen) atoms. The average Bonchev–Trinajstić information content (AvgIpc) is 2.97. The SMILES string of the molecule is NC(=O)/C=C/c1ccc2c(c1)CCC2NCCc1ccc(F)cc1. The van der Waals surface area contributed by atoms with Gasteiger partial charge < -0.3 is 11.1 Å². The minimum absolute atomic E-state index is 0.197. The molecule has 1 atom stereocenters. The number of hydrogen-bond acceptors (Lipinski definition) is 2. The second kappa shape index (κ2) is 7.41. The van der Waals surface area contributed by atoms with Crippen molar-refractivity contribution in [1.82, 2.24) is 5.32 Å². The molecule has 124 valence electrons. The first-order valence-electron chi connectivity index (χ1n) is 8.20. The van der Waals surface area contributed by atoms with Crippen LogP contribution in [0.5, 0.6) is 0 Å². The first-order valence-corrected chi connectivity index (χ1v) is 8.20. The fourth-order valence-electron chi connectivity index (χ4n) is 3.17. The Bertz CT molecular complexity index is 753. The van der Waals surface area contributed by atoms with Crippen LogP contribution in [0.15, 0.2) is 48.5 Å². The van der Waals surface area contributed by atoms with E-state index in [-0.39, 0.29) is 5.82 Å². The number of nitrogens with two attached hydrogens (primary N) is 1. The zero-order chi connectivity index (χ0) is 16.9. The average molecular weight is 324 g/mol. The Morgan fingerprint density at radius 2 is 2.04 bits per heavy atom. The standard InChI is InChI=1S/C20H21FN2O/c21-17-6-1-14(2-7-17)11-12-23-19-9-5-16-13-15(3-8-18(16)19)4-10-20(22)24/h1-4,6-8,10,13,19,23H,5,9,11-12H2,(H2,22,24)/b10-4+. The van der Waals surface area contributed by atoms with Gasteiger partial charge in [-0.25, -0.2) is 4.39 Å². The molecule has 1 unspecified atom stereocenters. The molecule has 0 radical (unpaired) electrons. The number of halogens is 1. The van der Waals surface area contributed by atoms with Crippen molar-refractivity contribution in [2.75, 3.05) is 6.54 Å². The monoisotopic (exact) mass is 324 g/mol. The number of carbonyl (C=O) groups excluding carboxylic acids is 1. The van der Waals surface area contributed by atoms with Crippen molar-refractivity contribution >= 4 is 12.0 Å². The minimum atomic E-state index is -0.434. The number of carbonyl (C=O) groups is 1. The van der Waals surface area contributed by atoms with Crippen LogP contribution in [0.3, 0.4) is 0 Å². The summed E-state index contributed by atoms with van der Waals surface area (Å²) >= 11 is 0. The molecule has 3 rings (SSSR count). The van der Waals surface area contributed by atoms with Gasteiger partial charge in [0.15, 0.2) is 0 Å². The van der Waals surface area contributed by atoms with Gasteiger partial charge in [0.1, 0.15) is 5.82 Å². The molecule has 1 aliphatic carbocycles. The van der Waals surface area contributed by atoms with E-state index in [0.717, 1.165) is 36.9 Å². The highest BCUT2D eigenvalue weighted by molar-refractivity contribution is 5.90. The Labute approximate surface area is 141 Å². The first-order chi connectivity index (χ1) is 11.6. The molecule has 3 nitrogen and oxygen atoms in total. The summed E-state index contributed by atoms with van der Waals surface area (Å²) in [7, 11) is 0. The van der Waals surface area contributed by atoms with Crippen molar-refractivity contribution in [2.45, 2.75) is 25.3 Å². The Hall–Kier alpha value is -2.46. The van der Waals surface area contributed by atoms with E-state index >= 15 is 0 Å². The van der Waals surface area contributed by atoms with Gasteiger partial charge in [0, 0.05) is 12.1 Å². The molecule has 0 aliphatic heterocycles. The summed E-state index contributed by atoms with van der Waals surface area (Å²) in [5.41, 5.74) is 9.91. The molecule has 0 saturated carbocycles. The molecule has 1 amide bonds. The summed E-state index contributed by atoms with van der Waals surface area (Å²) in [5, 5.41) is 3.58. The number of benzene rings is 2. The predicted molar refractivity (Wildman–Crippen MR) is 93.8 cm³/mol. The van der Waals surface area contributed by atoms with Crippen LogP contribution in [0, 0.1) is 5.82 Å². The Morgan fingerprint density at radius 3 is 2.79 bits per heavy atom. The maximum Gasteiger partial charge on any atom is 0.241 e. The van der Waals surface area contributed by atoms with E-state index in [0.29, 0.717) is 6.04 Å². The highest BCUT2D eigenvalue weighted by atomic mass is 19.1. The second-order valence-corrected chi connectivity index (χ2v) is 6.12. The Kier molecular flexibility index (Phi) is 5.06. The van der Waals surface area contributed by atoms with Gasteiger partial charge in [-0.05, 0) is 66.3 Å². The normalized spacial score (nSPS) is 16.5. The van der Waals surface area contributed by atoms with Crippen molar-refractivity contribution in [3.05, 3.63) is 76.6 Å². The molecule has 0 spiro atoms. The summed E-state index contributed by atoms with van der Waals surface area (Å²) in [6.45, 7) is 0.860. The maximum absolute atomic E-state index is 12.9.